The molecule has 0 aliphatic rings. The predicted octanol–water partition coefficient (Wildman–Crippen LogP) is 3.75. The number of aliphatic imine (C=N–C) groups is 1. The van der Waals surface area contributed by atoms with Gasteiger partial charge in [0, 0.05) is 46.0 Å². The normalized spacial score (nSPS) is 11.9. The number of halogens is 2. The Balaban J connectivity index is 2.07. The standard InChI is InChI=1S/C21H31F2N5O2/c1-7-29-18-10-15(8-9-17(18)30-20(22)23)11-25-21(24-4)27(5)12-16-13-28(6)26-19(16)14(2)3/h8-10,13-14,20H,7,11-12H2,1-6H3,(H,24,25). The highest BCUT2D eigenvalue weighted by molar-refractivity contribution is 5.79. The van der Waals surface area contributed by atoms with Gasteiger partial charge in [-0.15, -0.1) is 0 Å². The van der Waals surface area contributed by atoms with Crippen LogP contribution >= 0.6 is 0 Å². The lowest BCUT2D eigenvalue weighted by molar-refractivity contribution is -0.0514. The third-order valence-corrected chi connectivity index (χ3v) is 4.44. The van der Waals surface area contributed by atoms with Crippen LogP contribution in [0.25, 0.3) is 0 Å². The summed E-state index contributed by atoms with van der Waals surface area (Å²) in [4.78, 5) is 6.36. The Morgan fingerprint density at radius 1 is 1.30 bits per heavy atom. The zero-order chi connectivity index (χ0) is 22.3. The second-order valence-electron chi connectivity index (χ2n) is 7.22. The summed E-state index contributed by atoms with van der Waals surface area (Å²) in [5.74, 6) is 1.35. The average Bonchev–Trinajstić information content (AvgIpc) is 3.04. The third-order valence-electron chi connectivity index (χ3n) is 4.44. The highest BCUT2D eigenvalue weighted by Crippen LogP contribution is 2.30. The Hall–Kier alpha value is -2.84. The first kappa shape index (κ1) is 23.4. The van der Waals surface area contributed by atoms with Crippen LogP contribution in [0.2, 0.25) is 0 Å². The van der Waals surface area contributed by atoms with E-state index in [9.17, 15) is 8.78 Å². The van der Waals surface area contributed by atoms with Crippen LogP contribution in [0.15, 0.2) is 29.4 Å². The average molecular weight is 424 g/mol. The molecule has 2 aromatic rings. The van der Waals surface area contributed by atoms with E-state index in [1.54, 1.807) is 26.1 Å². The van der Waals surface area contributed by atoms with Gasteiger partial charge in [0.1, 0.15) is 0 Å². The molecule has 0 saturated heterocycles. The van der Waals surface area contributed by atoms with Gasteiger partial charge in [0.2, 0.25) is 0 Å². The number of hydrogen-bond donors (Lipinski definition) is 1. The van der Waals surface area contributed by atoms with E-state index in [1.807, 2.05) is 29.9 Å². The van der Waals surface area contributed by atoms with Crippen molar-refractivity contribution in [1.82, 2.24) is 20.0 Å². The van der Waals surface area contributed by atoms with E-state index in [1.165, 1.54) is 6.07 Å². The van der Waals surface area contributed by atoms with Gasteiger partial charge >= 0.3 is 6.61 Å². The molecule has 0 fully saturated rings. The number of nitrogens with zero attached hydrogens (tertiary/aromatic N) is 4. The quantitative estimate of drug-likeness (QED) is 0.492. The summed E-state index contributed by atoms with van der Waals surface area (Å²) in [5, 5.41) is 7.84. The molecule has 9 heteroatoms. The minimum atomic E-state index is -2.90. The fourth-order valence-corrected chi connectivity index (χ4v) is 3.18. The predicted molar refractivity (Wildman–Crippen MR) is 113 cm³/mol. The van der Waals surface area contributed by atoms with Crippen molar-refractivity contribution in [2.75, 3.05) is 20.7 Å². The van der Waals surface area contributed by atoms with Gasteiger partial charge in [-0.1, -0.05) is 19.9 Å². The van der Waals surface area contributed by atoms with Gasteiger partial charge in [-0.05, 0) is 30.5 Å². The highest BCUT2D eigenvalue weighted by atomic mass is 19.3. The van der Waals surface area contributed by atoms with Crippen LogP contribution in [-0.2, 0) is 20.1 Å². The van der Waals surface area contributed by atoms with Crippen molar-refractivity contribution >= 4 is 5.96 Å². The maximum absolute atomic E-state index is 12.6. The van der Waals surface area contributed by atoms with E-state index in [-0.39, 0.29) is 11.5 Å². The molecule has 1 heterocycles. The van der Waals surface area contributed by atoms with Crippen molar-refractivity contribution in [2.45, 2.75) is 46.4 Å². The summed E-state index contributed by atoms with van der Waals surface area (Å²) >= 11 is 0. The summed E-state index contributed by atoms with van der Waals surface area (Å²) in [5.41, 5.74) is 3.07. The largest absolute Gasteiger partial charge is 0.490 e. The smallest absolute Gasteiger partial charge is 0.387 e. The maximum Gasteiger partial charge on any atom is 0.387 e. The first-order valence-electron chi connectivity index (χ1n) is 9.89. The Morgan fingerprint density at radius 2 is 2.03 bits per heavy atom. The lowest BCUT2D eigenvalue weighted by Crippen LogP contribution is -2.38. The van der Waals surface area contributed by atoms with E-state index in [2.05, 4.69) is 34.0 Å². The van der Waals surface area contributed by atoms with Crippen LogP contribution in [0.1, 0.15) is 43.5 Å². The fourth-order valence-electron chi connectivity index (χ4n) is 3.18. The molecule has 0 radical (unpaired) electrons. The first-order chi connectivity index (χ1) is 14.2. The topological polar surface area (TPSA) is 63.9 Å². The number of nitrogens with one attached hydrogen (secondary N) is 1. The van der Waals surface area contributed by atoms with Crippen molar-refractivity contribution in [1.29, 1.82) is 0 Å². The fraction of sp³-hybridized carbons (Fsp3) is 0.524. The summed E-state index contributed by atoms with van der Waals surface area (Å²) < 4.78 is 36.9. The molecule has 166 valence electrons. The van der Waals surface area contributed by atoms with Gasteiger partial charge in [-0.2, -0.15) is 13.9 Å². The molecule has 0 aliphatic carbocycles. The van der Waals surface area contributed by atoms with Crippen LogP contribution in [0.5, 0.6) is 11.5 Å². The minimum absolute atomic E-state index is 0.0230. The van der Waals surface area contributed by atoms with Crippen molar-refractivity contribution in [3.63, 3.8) is 0 Å². The second-order valence-corrected chi connectivity index (χ2v) is 7.22. The molecular weight excluding hydrogens is 392 g/mol. The molecule has 7 nitrogen and oxygen atoms in total. The third kappa shape index (κ3) is 6.33. The molecule has 2 rings (SSSR count). The number of aryl methyl sites for hydroxylation is 1. The van der Waals surface area contributed by atoms with E-state index in [0.717, 1.165) is 16.8 Å². The van der Waals surface area contributed by atoms with Gasteiger partial charge in [0.15, 0.2) is 17.5 Å². The summed E-state index contributed by atoms with van der Waals surface area (Å²) in [6.45, 7) is 4.60. The van der Waals surface area contributed by atoms with E-state index >= 15 is 0 Å². The highest BCUT2D eigenvalue weighted by Gasteiger charge is 2.16. The van der Waals surface area contributed by atoms with Crippen molar-refractivity contribution in [3.8, 4) is 11.5 Å². The summed E-state index contributed by atoms with van der Waals surface area (Å²) in [6.07, 6.45) is 2.02. The lowest BCUT2D eigenvalue weighted by atomic mass is 10.1. The molecule has 1 aromatic heterocycles. The van der Waals surface area contributed by atoms with Crippen molar-refractivity contribution in [2.24, 2.45) is 12.0 Å². The molecule has 0 atom stereocenters. The van der Waals surface area contributed by atoms with Crippen LogP contribution in [0.3, 0.4) is 0 Å². The van der Waals surface area contributed by atoms with Crippen molar-refractivity contribution in [3.05, 3.63) is 41.2 Å². The molecule has 1 N–H and O–H groups in total. The second kappa shape index (κ2) is 10.8. The van der Waals surface area contributed by atoms with Gasteiger partial charge < -0.3 is 19.7 Å². The van der Waals surface area contributed by atoms with Gasteiger partial charge in [-0.3, -0.25) is 9.67 Å². The van der Waals surface area contributed by atoms with Gasteiger partial charge in [-0.25, -0.2) is 0 Å². The Kier molecular flexibility index (Phi) is 8.44. The monoisotopic (exact) mass is 423 g/mol. The zero-order valence-corrected chi connectivity index (χ0v) is 18.4. The molecule has 30 heavy (non-hydrogen) atoms. The first-order valence-corrected chi connectivity index (χ1v) is 9.89. The summed E-state index contributed by atoms with van der Waals surface area (Å²) in [7, 11) is 5.59. The number of aromatic nitrogens is 2. The molecule has 0 bridgehead atoms. The van der Waals surface area contributed by atoms with Gasteiger partial charge in [0.05, 0.1) is 12.3 Å². The molecule has 0 spiro atoms. The Labute approximate surface area is 176 Å². The number of hydrogen-bond acceptors (Lipinski definition) is 4. The molecule has 0 unspecified atom stereocenters. The van der Waals surface area contributed by atoms with Crippen LogP contribution in [0.4, 0.5) is 8.78 Å². The zero-order valence-electron chi connectivity index (χ0n) is 18.4. The van der Waals surface area contributed by atoms with Crippen LogP contribution in [0, 0.1) is 0 Å². The Morgan fingerprint density at radius 3 is 2.63 bits per heavy atom. The molecular formula is C21H31F2N5O2. The van der Waals surface area contributed by atoms with Crippen molar-refractivity contribution < 1.29 is 18.3 Å². The van der Waals surface area contributed by atoms with E-state index < -0.39 is 6.61 Å². The number of guanidine groups is 1. The molecule has 0 saturated carbocycles. The van der Waals surface area contributed by atoms with Gasteiger partial charge in [0.25, 0.3) is 0 Å². The maximum atomic E-state index is 12.6. The Bertz CT molecular complexity index is 852. The number of alkyl halides is 2. The van der Waals surface area contributed by atoms with Crippen LogP contribution < -0.4 is 14.8 Å². The minimum Gasteiger partial charge on any atom is -0.490 e. The van der Waals surface area contributed by atoms with Crippen LogP contribution in [-0.4, -0.2) is 48.0 Å². The number of ether oxygens (including phenoxy) is 2. The number of benzene rings is 1. The van der Waals surface area contributed by atoms with E-state index in [0.29, 0.717) is 31.6 Å². The summed E-state index contributed by atoms with van der Waals surface area (Å²) in [6, 6.07) is 4.91. The molecule has 1 aromatic carbocycles. The SMILES string of the molecule is CCOc1cc(CNC(=NC)N(C)Cc2cn(C)nc2C(C)C)ccc1OC(F)F. The van der Waals surface area contributed by atoms with E-state index in [4.69, 9.17) is 4.74 Å². The molecule has 0 amide bonds. The molecule has 0 aliphatic heterocycles. The lowest BCUT2D eigenvalue weighted by Gasteiger charge is -2.22. The number of rotatable bonds is 9.